The van der Waals surface area contributed by atoms with E-state index in [0.29, 0.717) is 21.3 Å². The van der Waals surface area contributed by atoms with Gasteiger partial charge in [-0.05, 0) is 31.2 Å². The smallest absolute Gasteiger partial charge is 0.255 e. The Labute approximate surface area is 166 Å². The molecule has 7 heteroatoms. The number of nitriles is 1. The van der Waals surface area contributed by atoms with Crippen LogP contribution < -0.4 is 11.1 Å². The zero-order valence-corrected chi connectivity index (χ0v) is 15.8. The number of halogens is 2. The molecule has 0 fully saturated rings. The topological polar surface area (TPSA) is 88.1 Å². The van der Waals surface area contributed by atoms with Gasteiger partial charge in [0.15, 0.2) is 0 Å². The van der Waals surface area contributed by atoms with Crippen LogP contribution in [0.3, 0.4) is 0 Å². The van der Waals surface area contributed by atoms with Gasteiger partial charge in [-0.1, -0.05) is 47.5 Å². The molecule has 1 aliphatic rings. The van der Waals surface area contributed by atoms with E-state index >= 15 is 0 Å². The molecule has 0 radical (unpaired) electrons. The number of carbonyl (C=O) groups excluding carboxylic acids is 1. The standard InChI is InChI=1S/C20H15Cl2N3O2/c1-11-16(20(26)25-12-6-3-2-4-7-12)17(13(10-23)19(24)27-11)18-14(21)8-5-9-15(18)22/h2-9,17H,24H2,1H3,(H,25,26). The number of rotatable bonds is 3. The van der Waals surface area contributed by atoms with Crippen LogP contribution in [-0.2, 0) is 9.53 Å². The zero-order valence-electron chi connectivity index (χ0n) is 14.3. The van der Waals surface area contributed by atoms with Crippen LogP contribution in [0.1, 0.15) is 18.4 Å². The second-order valence-electron chi connectivity index (χ2n) is 5.85. The molecular weight excluding hydrogens is 385 g/mol. The highest BCUT2D eigenvalue weighted by molar-refractivity contribution is 6.36. The van der Waals surface area contributed by atoms with Crippen LogP contribution in [0, 0.1) is 11.3 Å². The molecule has 27 heavy (non-hydrogen) atoms. The number of nitrogens with one attached hydrogen (secondary N) is 1. The Morgan fingerprint density at radius 2 is 1.78 bits per heavy atom. The largest absolute Gasteiger partial charge is 0.445 e. The lowest BCUT2D eigenvalue weighted by Crippen LogP contribution is -2.28. The fraction of sp³-hybridized carbons (Fsp3) is 0.100. The number of anilines is 1. The van der Waals surface area contributed by atoms with E-state index in [9.17, 15) is 10.1 Å². The van der Waals surface area contributed by atoms with E-state index in [1.165, 1.54) is 0 Å². The molecular formula is C20H15Cl2N3O2. The third kappa shape index (κ3) is 3.63. The van der Waals surface area contributed by atoms with Crippen molar-refractivity contribution in [1.29, 1.82) is 5.26 Å². The van der Waals surface area contributed by atoms with Crippen LogP contribution in [0.15, 0.2) is 71.3 Å². The number of hydrogen-bond donors (Lipinski definition) is 2. The van der Waals surface area contributed by atoms with Gasteiger partial charge in [0.05, 0.1) is 11.5 Å². The van der Waals surface area contributed by atoms with E-state index in [2.05, 4.69) is 5.32 Å². The van der Waals surface area contributed by atoms with Crippen LogP contribution in [-0.4, -0.2) is 5.91 Å². The van der Waals surface area contributed by atoms with E-state index in [-0.39, 0.29) is 22.8 Å². The minimum Gasteiger partial charge on any atom is -0.445 e. The van der Waals surface area contributed by atoms with Gasteiger partial charge in [-0.15, -0.1) is 0 Å². The van der Waals surface area contributed by atoms with Crippen molar-refractivity contribution in [2.75, 3.05) is 5.32 Å². The van der Waals surface area contributed by atoms with Crippen molar-refractivity contribution in [3.63, 3.8) is 0 Å². The molecule has 5 nitrogen and oxygen atoms in total. The van der Waals surface area contributed by atoms with Crippen LogP contribution in [0.4, 0.5) is 5.69 Å². The van der Waals surface area contributed by atoms with Gasteiger partial charge in [0.25, 0.3) is 5.91 Å². The fourth-order valence-corrected chi connectivity index (χ4v) is 3.59. The molecule has 2 aromatic carbocycles. The molecule has 0 aromatic heterocycles. The maximum absolute atomic E-state index is 13.0. The Balaban J connectivity index is 2.14. The number of para-hydroxylation sites is 1. The van der Waals surface area contributed by atoms with Crippen molar-refractivity contribution in [1.82, 2.24) is 0 Å². The maximum atomic E-state index is 13.0. The fourth-order valence-electron chi connectivity index (χ4n) is 2.97. The van der Waals surface area contributed by atoms with Gasteiger partial charge in [0.2, 0.25) is 5.88 Å². The first-order valence-electron chi connectivity index (χ1n) is 8.02. The van der Waals surface area contributed by atoms with E-state index in [0.717, 1.165) is 0 Å². The molecule has 3 rings (SSSR count). The Hall–Kier alpha value is -2.94. The summed E-state index contributed by atoms with van der Waals surface area (Å²) in [5.74, 6) is -1.07. The first-order valence-corrected chi connectivity index (χ1v) is 8.78. The summed E-state index contributed by atoms with van der Waals surface area (Å²) >= 11 is 12.7. The lowest BCUT2D eigenvalue weighted by Gasteiger charge is -2.28. The number of carbonyl (C=O) groups is 1. The highest BCUT2D eigenvalue weighted by Gasteiger charge is 2.37. The molecule has 0 bridgehead atoms. The van der Waals surface area contributed by atoms with Gasteiger partial charge in [-0.25, -0.2) is 0 Å². The number of nitrogens with two attached hydrogens (primary N) is 1. The van der Waals surface area contributed by atoms with Crippen molar-refractivity contribution in [2.24, 2.45) is 5.73 Å². The molecule has 1 amide bonds. The van der Waals surface area contributed by atoms with Crippen LogP contribution in [0.25, 0.3) is 0 Å². The first kappa shape index (κ1) is 18.8. The Morgan fingerprint density at radius 1 is 1.15 bits per heavy atom. The Bertz CT molecular complexity index is 987. The molecule has 0 aliphatic carbocycles. The molecule has 3 N–H and O–H groups in total. The van der Waals surface area contributed by atoms with Crippen molar-refractivity contribution < 1.29 is 9.53 Å². The average molecular weight is 400 g/mol. The highest BCUT2D eigenvalue weighted by Crippen LogP contribution is 2.44. The minimum absolute atomic E-state index is 0.0766. The summed E-state index contributed by atoms with van der Waals surface area (Å²) in [7, 11) is 0. The molecule has 2 aromatic rings. The molecule has 0 saturated carbocycles. The Morgan fingerprint density at radius 3 is 2.37 bits per heavy atom. The van der Waals surface area contributed by atoms with Gasteiger partial charge in [-0.2, -0.15) is 5.26 Å². The van der Waals surface area contributed by atoms with Gasteiger partial charge in [0, 0.05) is 21.3 Å². The van der Waals surface area contributed by atoms with Gasteiger partial charge in [-0.3, -0.25) is 4.79 Å². The number of ether oxygens (including phenoxy) is 1. The summed E-state index contributed by atoms with van der Waals surface area (Å²) in [5, 5.41) is 13.1. The molecule has 0 saturated heterocycles. The van der Waals surface area contributed by atoms with E-state index in [4.69, 9.17) is 33.7 Å². The number of hydrogen-bond acceptors (Lipinski definition) is 4. The van der Waals surface area contributed by atoms with Crippen molar-refractivity contribution in [3.05, 3.63) is 86.9 Å². The summed E-state index contributed by atoms with van der Waals surface area (Å²) in [5.41, 5.74) is 7.24. The summed E-state index contributed by atoms with van der Waals surface area (Å²) in [6, 6.07) is 16.0. The molecule has 0 spiro atoms. The summed E-state index contributed by atoms with van der Waals surface area (Å²) < 4.78 is 5.46. The quantitative estimate of drug-likeness (QED) is 0.781. The summed E-state index contributed by atoms with van der Waals surface area (Å²) in [6.07, 6.45) is 0. The van der Waals surface area contributed by atoms with Crippen LogP contribution in [0.5, 0.6) is 0 Å². The van der Waals surface area contributed by atoms with Crippen molar-refractivity contribution in [3.8, 4) is 6.07 Å². The van der Waals surface area contributed by atoms with Gasteiger partial charge in [0.1, 0.15) is 17.4 Å². The third-order valence-electron chi connectivity index (χ3n) is 4.17. The lowest BCUT2D eigenvalue weighted by molar-refractivity contribution is -0.113. The number of amides is 1. The van der Waals surface area contributed by atoms with Crippen molar-refractivity contribution in [2.45, 2.75) is 12.8 Å². The highest BCUT2D eigenvalue weighted by atomic mass is 35.5. The van der Waals surface area contributed by atoms with Crippen molar-refractivity contribution >= 4 is 34.8 Å². The maximum Gasteiger partial charge on any atom is 0.255 e. The molecule has 136 valence electrons. The number of nitrogens with zero attached hydrogens (tertiary/aromatic N) is 1. The molecule has 1 heterocycles. The normalized spacial score (nSPS) is 16.6. The van der Waals surface area contributed by atoms with Crippen LogP contribution in [0.2, 0.25) is 10.0 Å². The van der Waals surface area contributed by atoms with E-state index in [1.54, 1.807) is 49.4 Å². The molecule has 1 atom stereocenters. The number of benzene rings is 2. The predicted octanol–water partition coefficient (Wildman–Crippen LogP) is 4.71. The zero-order chi connectivity index (χ0) is 19.6. The summed E-state index contributed by atoms with van der Waals surface area (Å²) in [4.78, 5) is 13.0. The average Bonchev–Trinajstić information content (AvgIpc) is 2.62. The SMILES string of the molecule is CC1=C(C(=O)Nc2ccccc2)C(c2c(Cl)cccc2Cl)C(C#N)=C(N)O1. The third-order valence-corrected chi connectivity index (χ3v) is 4.83. The monoisotopic (exact) mass is 399 g/mol. The first-order chi connectivity index (χ1) is 12.9. The molecule has 1 unspecified atom stereocenters. The lowest BCUT2D eigenvalue weighted by atomic mass is 9.82. The number of allylic oxidation sites excluding steroid dienone is 2. The van der Waals surface area contributed by atoms with E-state index < -0.39 is 11.8 Å². The second kappa shape index (κ2) is 7.75. The van der Waals surface area contributed by atoms with E-state index in [1.807, 2.05) is 12.1 Å². The predicted molar refractivity (Wildman–Crippen MR) is 105 cm³/mol. The summed E-state index contributed by atoms with van der Waals surface area (Å²) in [6.45, 7) is 1.61. The van der Waals surface area contributed by atoms with Gasteiger partial charge < -0.3 is 15.8 Å². The Kier molecular flexibility index (Phi) is 5.41. The minimum atomic E-state index is -0.839. The second-order valence-corrected chi connectivity index (χ2v) is 6.66. The van der Waals surface area contributed by atoms with Gasteiger partial charge >= 0.3 is 0 Å². The van der Waals surface area contributed by atoms with Crippen LogP contribution >= 0.6 is 23.2 Å². The molecule has 1 aliphatic heterocycles.